The van der Waals surface area contributed by atoms with Crippen LogP contribution in [0.15, 0.2) is 22.4 Å². The number of rotatable bonds is 4. The predicted octanol–water partition coefficient (Wildman–Crippen LogP) is 4.26. The maximum Gasteiger partial charge on any atom is 0.259 e. The molecule has 1 aliphatic carbocycles. The van der Waals surface area contributed by atoms with E-state index in [2.05, 4.69) is 10.1 Å². The number of halogens is 1. The number of aromatic nitrogens is 2. The second kappa shape index (κ2) is 6.92. The summed E-state index contributed by atoms with van der Waals surface area (Å²) < 4.78 is 31.3. The first kappa shape index (κ1) is 18.8. The summed E-state index contributed by atoms with van der Waals surface area (Å²) in [5, 5.41) is 14.3. The zero-order valence-corrected chi connectivity index (χ0v) is 17.8. The van der Waals surface area contributed by atoms with E-state index in [0.29, 0.717) is 40.7 Å². The van der Waals surface area contributed by atoms with Crippen LogP contribution in [0.25, 0.3) is 11.5 Å². The summed E-state index contributed by atoms with van der Waals surface area (Å²) >= 11 is 6.74. The van der Waals surface area contributed by atoms with Crippen molar-refractivity contribution < 1.29 is 25.2 Å². The number of ether oxygens (including phenoxy) is 3. The molecule has 8 heteroatoms. The van der Waals surface area contributed by atoms with E-state index in [0.717, 1.165) is 5.56 Å². The third-order valence-electron chi connectivity index (χ3n) is 5.62. The lowest BCUT2D eigenvalue weighted by atomic mass is 9.77. The van der Waals surface area contributed by atoms with Crippen molar-refractivity contribution in [3.05, 3.63) is 34.3 Å². The SMILES string of the molecule is [2H]C1C=C(OC)[C@]2(Cc3c(OC)cc(-c4nc(C(C)(C)O)no4)c(Cl)c3O2)[C@H](C)C1. The summed E-state index contributed by atoms with van der Waals surface area (Å²) in [5.41, 5.74) is -0.723. The molecule has 2 aromatic rings. The van der Waals surface area contributed by atoms with Crippen molar-refractivity contribution in [3.8, 4) is 23.0 Å². The van der Waals surface area contributed by atoms with Crippen LogP contribution in [0.5, 0.6) is 11.5 Å². The van der Waals surface area contributed by atoms with Crippen LogP contribution in [-0.4, -0.2) is 35.1 Å². The zero-order valence-electron chi connectivity index (χ0n) is 18.1. The van der Waals surface area contributed by atoms with Gasteiger partial charge >= 0.3 is 0 Å². The van der Waals surface area contributed by atoms with Crippen molar-refractivity contribution in [1.82, 2.24) is 10.1 Å². The van der Waals surface area contributed by atoms with Gasteiger partial charge in [0, 0.05) is 19.3 Å². The van der Waals surface area contributed by atoms with E-state index in [-0.39, 0.29) is 24.0 Å². The topological polar surface area (TPSA) is 86.8 Å². The van der Waals surface area contributed by atoms with Gasteiger partial charge in [0.15, 0.2) is 5.60 Å². The van der Waals surface area contributed by atoms with Crippen molar-refractivity contribution in [2.45, 2.75) is 51.2 Å². The monoisotopic (exact) mass is 421 g/mol. The Morgan fingerprint density at radius 3 is 2.76 bits per heavy atom. The molecule has 0 saturated carbocycles. The summed E-state index contributed by atoms with van der Waals surface area (Å²) in [7, 11) is 3.16. The average molecular weight is 422 g/mol. The van der Waals surface area contributed by atoms with Gasteiger partial charge < -0.3 is 23.8 Å². The average Bonchev–Trinajstić information content (AvgIpc) is 3.32. The fourth-order valence-corrected chi connectivity index (χ4v) is 4.22. The Kier molecular flexibility index (Phi) is 4.47. The van der Waals surface area contributed by atoms with Gasteiger partial charge in [-0.15, -0.1) is 0 Å². The Hall–Kier alpha value is -2.25. The Bertz CT molecular complexity index is 1020. The van der Waals surface area contributed by atoms with Crippen molar-refractivity contribution >= 4 is 11.6 Å². The highest BCUT2D eigenvalue weighted by atomic mass is 35.5. The van der Waals surface area contributed by atoms with Crippen LogP contribution in [-0.2, 0) is 16.8 Å². The third-order valence-corrected chi connectivity index (χ3v) is 6.00. The van der Waals surface area contributed by atoms with Gasteiger partial charge in [-0.3, -0.25) is 0 Å². The lowest BCUT2D eigenvalue weighted by Gasteiger charge is -2.38. The highest BCUT2D eigenvalue weighted by Crippen LogP contribution is 2.54. The summed E-state index contributed by atoms with van der Waals surface area (Å²) in [6.45, 7) is 5.19. The third kappa shape index (κ3) is 3.07. The first-order valence-corrected chi connectivity index (χ1v) is 9.82. The van der Waals surface area contributed by atoms with E-state index in [4.69, 9.17) is 31.7 Å². The molecular formula is C21H25ClN2O5. The van der Waals surface area contributed by atoms with E-state index < -0.39 is 11.2 Å². The highest BCUT2D eigenvalue weighted by molar-refractivity contribution is 6.35. The fourth-order valence-electron chi connectivity index (χ4n) is 3.93. The summed E-state index contributed by atoms with van der Waals surface area (Å²) in [6, 6.07) is 1.74. The molecule has 2 aliphatic rings. The molecule has 0 saturated heterocycles. The Balaban J connectivity index is 1.83. The molecule has 3 atom stereocenters. The van der Waals surface area contributed by atoms with E-state index in [1.807, 2.05) is 6.92 Å². The molecule has 1 spiro atoms. The summed E-state index contributed by atoms with van der Waals surface area (Å²) in [4.78, 5) is 4.29. The Morgan fingerprint density at radius 1 is 1.38 bits per heavy atom. The second-order valence-corrected chi connectivity index (χ2v) is 8.38. The van der Waals surface area contributed by atoms with Crippen LogP contribution in [0.2, 0.25) is 5.02 Å². The molecule has 156 valence electrons. The van der Waals surface area contributed by atoms with Gasteiger partial charge in [0.2, 0.25) is 5.82 Å². The van der Waals surface area contributed by atoms with Gasteiger partial charge in [-0.1, -0.05) is 23.7 Å². The Morgan fingerprint density at radius 2 is 2.14 bits per heavy atom. The van der Waals surface area contributed by atoms with Gasteiger partial charge in [-0.2, -0.15) is 4.98 Å². The van der Waals surface area contributed by atoms with Gasteiger partial charge in [-0.25, -0.2) is 0 Å². The zero-order chi connectivity index (χ0) is 21.8. The van der Waals surface area contributed by atoms with E-state index in [9.17, 15) is 5.11 Å². The van der Waals surface area contributed by atoms with Gasteiger partial charge in [0.25, 0.3) is 5.89 Å². The van der Waals surface area contributed by atoms with Crippen LogP contribution >= 0.6 is 11.6 Å². The summed E-state index contributed by atoms with van der Waals surface area (Å²) in [6.07, 6.45) is 2.60. The molecule has 4 rings (SSSR count). The second-order valence-electron chi connectivity index (χ2n) is 8.01. The number of benzene rings is 1. The summed E-state index contributed by atoms with van der Waals surface area (Å²) in [5.74, 6) is 2.03. The van der Waals surface area contributed by atoms with E-state index in [1.165, 1.54) is 0 Å². The molecule has 0 radical (unpaired) electrons. The molecule has 0 bridgehead atoms. The van der Waals surface area contributed by atoms with Gasteiger partial charge in [0.05, 0.1) is 24.8 Å². The Labute approximate surface area is 176 Å². The molecule has 29 heavy (non-hydrogen) atoms. The number of hydrogen-bond acceptors (Lipinski definition) is 7. The number of methoxy groups -OCH3 is 2. The fraction of sp³-hybridized carbons (Fsp3) is 0.524. The minimum Gasteiger partial charge on any atom is -0.497 e. The maximum atomic E-state index is 10.1. The molecule has 1 aromatic carbocycles. The molecule has 1 aromatic heterocycles. The molecular weight excluding hydrogens is 396 g/mol. The molecule has 1 unspecified atom stereocenters. The highest BCUT2D eigenvalue weighted by Gasteiger charge is 2.51. The number of nitrogens with zero attached hydrogens (tertiary/aromatic N) is 2. The van der Waals surface area contributed by atoms with E-state index in [1.54, 1.807) is 40.2 Å². The van der Waals surface area contributed by atoms with Crippen LogP contribution in [0, 0.1) is 5.92 Å². The first-order valence-electron chi connectivity index (χ1n) is 10.0. The van der Waals surface area contributed by atoms with Crippen molar-refractivity contribution in [1.29, 1.82) is 0 Å². The number of fused-ring (bicyclic) bond motifs is 1. The normalized spacial score (nSPS) is 26.6. The number of aliphatic hydroxyl groups is 1. The predicted molar refractivity (Wildman–Crippen MR) is 107 cm³/mol. The number of hydrogen-bond donors (Lipinski definition) is 1. The molecule has 7 nitrogen and oxygen atoms in total. The van der Waals surface area contributed by atoms with E-state index >= 15 is 0 Å². The largest absolute Gasteiger partial charge is 0.497 e. The minimum atomic E-state index is -1.25. The number of allylic oxidation sites excluding steroid dienone is 1. The van der Waals surface area contributed by atoms with Gasteiger partial charge in [-0.05, 0) is 38.8 Å². The van der Waals surface area contributed by atoms with Crippen molar-refractivity contribution in [2.24, 2.45) is 5.92 Å². The minimum absolute atomic E-state index is 0.0294. The van der Waals surface area contributed by atoms with Crippen LogP contribution < -0.4 is 9.47 Å². The van der Waals surface area contributed by atoms with Crippen LogP contribution in [0.3, 0.4) is 0 Å². The molecule has 0 fully saturated rings. The lowest BCUT2D eigenvalue weighted by Crippen LogP contribution is -2.45. The van der Waals surface area contributed by atoms with Crippen molar-refractivity contribution in [3.63, 3.8) is 0 Å². The van der Waals surface area contributed by atoms with Gasteiger partial charge in [0.1, 0.15) is 22.9 Å². The van der Waals surface area contributed by atoms with Crippen LogP contribution in [0.1, 0.15) is 46.3 Å². The standard InChI is InChI=1S/C21H25ClN2O5/c1-11-7-6-8-15(27-5)21(11)10-13-14(26-4)9-12(16(22)17(13)28-21)18-23-19(24-29-18)20(2,3)25/h8-9,11,25H,6-7,10H2,1-5H3/t11-,21+/m1/s1/i6D/t6?,11-,21+. The smallest absolute Gasteiger partial charge is 0.259 e. The quantitative estimate of drug-likeness (QED) is 0.789. The van der Waals surface area contributed by atoms with Crippen molar-refractivity contribution in [2.75, 3.05) is 14.2 Å². The molecule has 1 N–H and O–H groups in total. The molecule has 2 heterocycles. The molecule has 0 amide bonds. The lowest BCUT2D eigenvalue weighted by molar-refractivity contribution is 0.00900. The maximum absolute atomic E-state index is 10.1. The van der Waals surface area contributed by atoms with Crippen LogP contribution in [0.4, 0.5) is 0 Å². The molecule has 1 aliphatic heterocycles. The first-order chi connectivity index (χ1) is 14.1.